The van der Waals surface area contributed by atoms with Crippen LogP contribution in [0.2, 0.25) is 0 Å². The van der Waals surface area contributed by atoms with Crippen LogP contribution < -0.4 is 46.0 Å². The highest BCUT2D eigenvalue weighted by Crippen LogP contribution is 2.39. The van der Waals surface area contributed by atoms with Crippen LogP contribution in [-0.4, -0.2) is 110 Å². The lowest BCUT2D eigenvalue weighted by atomic mass is 9.95. The van der Waals surface area contributed by atoms with E-state index >= 15 is 0 Å². The highest BCUT2D eigenvalue weighted by Gasteiger charge is 2.32. The number of terminal acetylenes is 1. The van der Waals surface area contributed by atoms with Crippen LogP contribution in [0.4, 0.5) is 5.69 Å². The number of carbonyl (C=O) groups excluding carboxylic acids is 2. The van der Waals surface area contributed by atoms with Gasteiger partial charge >= 0.3 is 58.4 Å². The maximum atomic E-state index is 12.3. The van der Waals surface area contributed by atoms with Gasteiger partial charge in [0.2, 0.25) is 22.5 Å². The van der Waals surface area contributed by atoms with Gasteiger partial charge in [0.15, 0.2) is 41.9 Å². The Morgan fingerprint density at radius 3 is 1.36 bits per heavy atom. The average molecular weight is 1760 g/mol. The van der Waals surface area contributed by atoms with Gasteiger partial charge in [0.25, 0.3) is 0 Å². The summed E-state index contributed by atoms with van der Waals surface area (Å²) in [6.45, 7) is 7.93. The smallest absolute Gasteiger partial charge is 0.353 e. The van der Waals surface area contributed by atoms with E-state index in [1.54, 1.807) is 82.3 Å². The van der Waals surface area contributed by atoms with E-state index in [0.717, 1.165) is 103 Å². The first kappa shape index (κ1) is 98.4. The molecule has 680 valence electrons. The molecule has 128 heavy (non-hydrogen) atoms. The van der Waals surface area contributed by atoms with Crippen molar-refractivity contribution in [3.05, 3.63) is 240 Å². The highest BCUT2D eigenvalue weighted by molar-refractivity contribution is 6.08. The molecule has 5 aliphatic rings. The van der Waals surface area contributed by atoms with Crippen molar-refractivity contribution in [2.24, 2.45) is 0 Å². The van der Waals surface area contributed by atoms with E-state index < -0.39 is 93.8 Å². The minimum Gasteiger partial charge on any atom is -0.479 e. The lowest BCUT2D eigenvalue weighted by Crippen LogP contribution is -2.29. The van der Waals surface area contributed by atoms with Crippen LogP contribution in [0.3, 0.4) is 0 Å². The summed E-state index contributed by atoms with van der Waals surface area (Å²) in [6.07, 6.45) is 39.3. The number of ketones is 1. The molecule has 5 N–H and O–H groups in total. The number of carbonyl (C=O) groups is 7. The van der Waals surface area contributed by atoms with Crippen LogP contribution in [0.5, 0.6) is 28.7 Å². The summed E-state index contributed by atoms with van der Waals surface area (Å²) >= 11 is 0. The second-order valence-corrected chi connectivity index (χ2v) is 32.1. The van der Waals surface area contributed by atoms with E-state index in [9.17, 15) is 88.4 Å². The molecule has 4 aromatic heterocycles. The Morgan fingerprint density at radius 1 is 0.484 bits per heavy atom. The van der Waals surface area contributed by atoms with Crippen molar-refractivity contribution in [1.82, 2.24) is 0 Å². The second kappa shape index (κ2) is 48.9. The lowest BCUT2D eigenvalue weighted by Gasteiger charge is -2.19. The molecular formula is C99H111NO28. The molecule has 0 bridgehead atoms. The third kappa shape index (κ3) is 29.4. The van der Waals surface area contributed by atoms with Crippen molar-refractivity contribution in [2.45, 2.75) is 264 Å². The average Bonchev–Trinajstić information content (AvgIpc) is 0.767. The van der Waals surface area contributed by atoms with Gasteiger partial charge in [-0.15, -0.1) is 6.42 Å². The van der Waals surface area contributed by atoms with Gasteiger partial charge in [0, 0.05) is 51.6 Å². The van der Waals surface area contributed by atoms with E-state index in [4.69, 9.17) is 47.8 Å². The zero-order valence-corrected chi connectivity index (χ0v) is 73.0. The fraction of sp³-hybridized carbons (Fsp3) is 0.424. The summed E-state index contributed by atoms with van der Waals surface area (Å²) in [5.41, 5.74) is 6.67. The molecule has 4 heterocycles. The molecule has 0 radical (unpaired) electrons. The summed E-state index contributed by atoms with van der Waals surface area (Å²) in [6, 6.07) is 21.7. The molecule has 4 aromatic carbocycles. The predicted octanol–water partition coefficient (Wildman–Crippen LogP) is 19.3. The molecule has 8 aromatic rings. The molecule has 5 aliphatic carbocycles. The fourth-order valence-electron chi connectivity index (χ4n) is 15.7. The van der Waals surface area contributed by atoms with Crippen molar-refractivity contribution in [3.63, 3.8) is 0 Å². The molecule has 13 rings (SSSR count). The summed E-state index contributed by atoms with van der Waals surface area (Å²) in [5, 5.41) is 60.5. The van der Waals surface area contributed by atoms with E-state index in [-0.39, 0.29) is 63.6 Å². The topological polar surface area (TPSA) is 440 Å². The molecular weight excluding hydrogens is 1650 g/mol. The number of nitro benzene ring substituents is 1. The number of methoxy groups -OCH3 is 1. The van der Waals surface area contributed by atoms with Gasteiger partial charge in [-0.1, -0.05) is 70.2 Å². The minimum absolute atomic E-state index is 0.0116. The van der Waals surface area contributed by atoms with Gasteiger partial charge in [0.05, 0.1) is 24.7 Å². The molecule has 29 nitrogen and oxygen atoms in total. The number of aliphatic carboxylic acids is 5. The number of esters is 1. The number of Topliss-reactive ketones (excluding diaryl/α,β-unsaturated/α-hetero) is 1. The number of hydrogen-bond acceptors (Lipinski definition) is 23. The Kier molecular flexibility index (Phi) is 37.6. The number of nitrogens with zero attached hydrogens (tertiary/aromatic N) is 1. The number of hydrogen-bond donors (Lipinski definition) is 5. The van der Waals surface area contributed by atoms with Crippen LogP contribution in [0.1, 0.15) is 243 Å². The SMILES string of the molecule is C#Cc1cccc(OC(CCC2=CCCCC2)C(=O)O)c1.CC(=O)c1c(OC(CCC2=CCCCC2)C(=O)O)ccc2c(C)cc(=O)oc12.COC(=O)Cc1cc(=O)oc2cc(OC(CCC3=CCCCC3)C(=O)O)ccc12.Cc1c(C)c2ccc(OC(CCC3=CCCCC3)C(=O)O)c([N+](=O)[O-])c2oc1=O.Cc1occc(=O)c1OC(CCC1=CCCCC1)C(=O)O. The third-order valence-electron chi connectivity index (χ3n) is 22.8. The molecule has 5 atom stereocenters. The normalized spacial score (nSPS) is 15.3. The summed E-state index contributed by atoms with van der Waals surface area (Å²) < 4.78 is 53.3. The Hall–Kier alpha value is -13.4. The first-order valence-electron chi connectivity index (χ1n) is 43.3. The number of benzene rings is 4. The standard InChI is InChI=1S/C22H24O7.C22H24O6.C21H23NO7.C18H20O3.C16H20O5/c1-27-20(23)11-15-12-21(24)29-19-13-16(8-9-17(15)19)28-18(22(25)26)10-7-14-5-3-2-4-6-14;1-13-12-19(24)28-21-16(13)9-11-17(20(21)14(2)23)27-18(22(25)26)10-8-15-6-4-3-5-7-15;1-12-13(2)21(25)29-19-15(12)9-11-16(18(19)22(26)27)28-17(20(23)24)10-8-14-6-4-3-5-7-14;1-2-14-9-6-10-16(13-14)21-17(18(19)20)12-11-15-7-4-3-5-8-15;1-11-15(13(17)9-10-20-11)21-14(16(18)19)8-7-12-5-3-2-4-6-12/h5,8-9,12-13,18H,2-4,6-7,10-11H2,1H3,(H,25,26);6,9,11-12,18H,3-5,7-8,10H2,1-2H3,(H,25,26);6,9,11,17H,3-5,7-8,10H2,1-2H3,(H,23,24);1,6-7,9-10,13,17H,3-5,8,11-12H2,(H,19,20);5,9-10,14H,2-4,6-8H2,1H3,(H,18,19). The van der Waals surface area contributed by atoms with Crippen molar-refractivity contribution in [3.8, 4) is 41.1 Å². The van der Waals surface area contributed by atoms with E-state index in [1.807, 2.05) is 0 Å². The van der Waals surface area contributed by atoms with E-state index in [0.29, 0.717) is 113 Å². The zero-order chi connectivity index (χ0) is 92.5. The van der Waals surface area contributed by atoms with Gasteiger partial charge < -0.3 is 71.6 Å². The van der Waals surface area contributed by atoms with Crippen molar-refractivity contribution < 1.29 is 110 Å². The van der Waals surface area contributed by atoms with Gasteiger partial charge in [-0.3, -0.25) is 24.5 Å². The van der Waals surface area contributed by atoms with Gasteiger partial charge in [0.1, 0.15) is 34.2 Å². The molecule has 29 heteroatoms. The van der Waals surface area contributed by atoms with Crippen molar-refractivity contribution in [2.75, 3.05) is 7.11 Å². The fourth-order valence-corrected chi connectivity index (χ4v) is 15.7. The second-order valence-electron chi connectivity index (χ2n) is 32.1. The highest BCUT2D eigenvalue weighted by atomic mass is 16.6. The summed E-state index contributed by atoms with van der Waals surface area (Å²) in [7, 11) is 1.28. The number of allylic oxidation sites excluding steroid dienone is 10. The number of aryl methyl sites for hydroxylation is 3. The Labute approximate surface area is 739 Å². The lowest BCUT2D eigenvalue weighted by molar-refractivity contribution is -0.384. The predicted molar refractivity (Wildman–Crippen MR) is 477 cm³/mol. The first-order chi connectivity index (χ1) is 61.4. The monoisotopic (exact) mass is 1760 g/mol. The molecule has 0 saturated carbocycles. The number of nitro groups is 1. The van der Waals surface area contributed by atoms with Crippen LogP contribution in [0, 0.1) is 50.2 Å². The quantitative estimate of drug-likeness (QED) is 0.00475. The Balaban J connectivity index is 0.000000182. The summed E-state index contributed by atoms with van der Waals surface area (Å²) in [5.74, 6) is -2.64. The first-order valence-corrected chi connectivity index (χ1v) is 43.3. The zero-order valence-electron chi connectivity index (χ0n) is 73.0. The number of carboxylic acid groups (broad SMARTS) is 5. The van der Waals surface area contributed by atoms with Crippen molar-refractivity contribution in [1.29, 1.82) is 0 Å². The maximum absolute atomic E-state index is 12.3. The third-order valence-corrected chi connectivity index (χ3v) is 22.8. The van der Waals surface area contributed by atoms with Gasteiger partial charge in [-0.2, -0.15) is 0 Å². The minimum atomic E-state index is -1.24. The summed E-state index contributed by atoms with van der Waals surface area (Å²) in [4.78, 5) is 140. The Bertz CT molecular complexity index is 5800. The number of ether oxygens (including phenoxy) is 6. The van der Waals surface area contributed by atoms with E-state index in [2.05, 4.69) is 41.0 Å². The molecule has 0 aliphatic heterocycles. The molecule has 5 unspecified atom stereocenters. The van der Waals surface area contributed by atoms with Crippen LogP contribution >= 0.6 is 0 Å². The molecule has 0 amide bonds. The van der Waals surface area contributed by atoms with Crippen molar-refractivity contribution >= 4 is 80.2 Å². The van der Waals surface area contributed by atoms with Crippen LogP contribution in [0.25, 0.3) is 32.9 Å². The maximum Gasteiger partial charge on any atom is 0.353 e. The number of carboxylic acids is 5. The van der Waals surface area contributed by atoms with Gasteiger partial charge in [-0.05, 0) is 299 Å². The Morgan fingerprint density at radius 2 is 0.922 bits per heavy atom. The van der Waals surface area contributed by atoms with Gasteiger partial charge in [-0.25, -0.2) is 38.4 Å². The molecule has 0 saturated heterocycles. The number of fused-ring (bicyclic) bond motifs is 3. The molecule has 0 spiro atoms. The number of rotatable bonds is 34. The van der Waals surface area contributed by atoms with Crippen LogP contribution in [0.15, 0.2) is 186 Å². The van der Waals surface area contributed by atoms with E-state index in [1.165, 1.54) is 111 Å². The largest absolute Gasteiger partial charge is 0.479 e. The molecule has 0 fully saturated rings. The van der Waals surface area contributed by atoms with Crippen LogP contribution in [-0.2, 0) is 39.9 Å².